The molecule has 0 saturated carbocycles. The van der Waals surface area contributed by atoms with Crippen molar-refractivity contribution in [2.24, 2.45) is 10.7 Å². The lowest BCUT2D eigenvalue weighted by molar-refractivity contribution is -0.384. The number of likely N-dealkylation sites (tertiary alicyclic amines) is 1. The van der Waals surface area contributed by atoms with E-state index in [0.717, 1.165) is 43.7 Å². The Morgan fingerprint density at radius 2 is 2.03 bits per heavy atom. The quantitative estimate of drug-likeness (QED) is 0.543. The highest BCUT2D eigenvalue weighted by molar-refractivity contribution is 7.10. The van der Waals surface area contributed by atoms with E-state index >= 15 is 0 Å². The Hall–Kier alpha value is -3.04. The number of nitrogens with zero attached hydrogens (tertiary/aromatic N) is 3. The van der Waals surface area contributed by atoms with E-state index in [0.29, 0.717) is 44.6 Å². The topological polar surface area (TPSA) is 128 Å². The third-order valence-electron chi connectivity index (χ3n) is 5.86. The number of fused-ring (bicyclic) bond motifs is 1. The molecule has 2 aromatic rings. The summed E-state index contributed by atoms with van der Waals surface area (Å²) in [4.78, 5) is 30.8. The SMILES string of the molecule is CCC1=C(N2CCC(=O)CC2)N=c2sc(CN)c(N)c2=C(c2cccc([N+](=O)[O-])c2)C1. The van der Waals surface area contributed by atoms with Crippen LogP contribution in [0.3, 0.4) is 0 Å². The number of nitro benzene ring substituents is 1. The normalized spacial score (nSPS) is 16.8. The van der Waals surface area contributed by atoms with Crippen LogP contribution in [-0.2, 0) is 11.3 Å². The predicted molar refractivity (Wildman–Crippen MR) is 121 cm³/mol. The van der Waals surface area contributed by atoms with Gasteiger partial charge in [-0.2, -0.15) is 0 Å². The van der Waals surface area contributed by atoms with Crippen molar-refractivity contribution in [3.05, 3.63) is 66.1 Å². The summed E-state index contributed by atoms with van der Waals surface area (Å²) in [5.41, 5.74) is 15.9. The smallest absolute Gasteiger partial charge is 0.270 e. The lowest BCUT2D eigenvalue weighted by atomic mass is 9.94. The second-order valence-electron chi connectivity index (χ2n) is 7.70. The highest BCUT2D eigenvalue weighted by Crippen LogP contribution is 2.31. The fourth-order valence-corrected chi connectivity index (χ4v) is 5.15. The van der Waals surface area contributed by atoms with Crippen LogP contribution in [0.5, 0.6) is 0 Å². The predicted octanol–water partition coefficient (Wildman–Crippen LogP) is 2.21. The number of carbonyl (C=O) groups excluding carboxylic acids is 1. The van der Waals surface area contributed by atoms with E-state index in [9.17, 15) is 14.9 Å². The zero-order chi connectivity index (χ0) is 22.1. The van der Waals surface area contributed by atoms with Gasteiger partial charge in [-0.05, 0) is 29.6 Å². The summed E-state index contributed by atoms with van der Waals surface area (Å²) >= 11 is 1.47. The van der Waals surface area contributed by atoms with Gasteiger partial charge in [-0.3, -0.25) is 14.9 Å². The summed E-state index contributed by atoms with van der Waals surface area (Å²) in [5, 5.41) is 12.2. The van der Waals surface area contributed by atoms with Crippen molar-refractivity contribution in [3.63, 3.8) is 0 Å². The maximum atomic E-state index is 11.8. The second kappa shape index (κ2) is 8.60. The van der Waals surface area contributed by atoms with Gasteiger partial charge in [0.15, 0.2) is 0 Å². The first-order chi connectivity index (χ1) is 14.9. The first-order valence-electron chi connectivity index (χ1n) is 10.4. The molecule has 0 bridgehead atoms. The van der Waals surface area contributed by atoms with Gasteiger partial charge in [0.25, 0.3) is 5.69 Å². The number of anilines is 1. The van der Waals surface area contributed by atoms with Crippen LogP contribution in [0.4, 0.5) is 11.4 Å². The summed E-state index contributed by atoms with van der Waals surface area (Å²) in [6.45, 7) is 3.68. The Morgan fingerprint density at radius 1 is 1.29 bits per heavy atom. The van der Waals surface area contributed by atoms with Gasteiger partial charge in [-0.1, -0.05) is 19.1 Å². The van der Waals surface area contributed by atoms with Crippen LogP contribution >= 0.6 is 11.3 Å². The van der Waals surface area contributed by atoms with Crippen LogP contribution in [0, 0.1) is 10.1 Å². The van der Waals surface area contributed by atoms with Gasteiger partial charge in [0.2, 0.25) is 0 Å². The van der Waals surface area contributed by atoms with E-state index in [1.54, 1.807) is 12.1 Å². The molecule has 0 spiro atoms. The number of hydrogen-bond acceptors (Lipinski definition) is 8. The molecule has 31 heavy (non-hydrogen) atoms. The molecule has 9 heteroatoms. The number of piperidine rings is 1. The van der Waals surface area contributed by atoms with Gasteiger partial charge in [0.05, 0.1) is 10.6 Å². The zero-order valence-corrected chi connectivity index (χ0v) is 18.2. The van der Waals surface area contributed by atoms with Crippen LogP contribution in [0.15, 0.2) is 40.7 Å². The number of carbonyl (C=O) groups is 1. The van der Waals surface area contributed by atoms with Crippen molar-refractivity contribution in [2.75, 3.05) is 18.8 Å². The van der Waals surface area contributed by atoms with E-state index in [1.807, 2.05) is 6.07 Å². The van der Waals surface area contributed by atoms with Crippen molar-refractivity contribution in [1.29, 1.82) is 0 Å². The van der Waals surface area contributed by atoms with E-state index in [1.165, 1.54) is 17.4 Å². The molecule has 2 aliphatic heterocycles. The van der Waals surface area contributed by atoms with Crippen molar-refractivity contribution < 1.29 is 9.72 Å². The molecular weight excluding hydrogens is 414 g/mol. The van der Waals surface area contributed by atoms with Crippen molar-refractivity contribution in [2.45, 2.75) is 39.2 Å². The fourth-order valence-electron chi connectivity index (χ4n) is 4.15. The summed E-state index contributed by atoms with van der Waals surface area (Å²) in [6, 6.07) is 6.65. The number of allylic oxidation sites excluding steroid dienone is 1. The number of Topliss-reactive ketones (excluding diaryl/α,β-unsaturated/α-hetero) is 1. The molecule has 4 N–H and O–H groups in total. The maximum Gasteiger partial charge on any atom is 0.270 e. The molecule has 1 aromatic heterocycles. The Kier molecular flexibility index (Phi) is 5.88. The van der Waals surface area contributed by atoms with Gasteiger partial charge in [-0.25, -0.2) is 4.99 Å². The van der Waals surface area contributed by atoms with E-state index in [4.69, 9.17) is 16.5 Å². The number of rotatable bonds is 5. The largest absolute Gasteiger partial charge is 0.397 e. The maximum absolute atomic E-state index is 11.8. The average molecular weight is 440 g/mol. The fraction of sp³-hybridized carbons (Fsp3) is 0.364. The molecule has 3 heterocycles. The van der Waals surface area contributed by atoms with Gasteiger partial charge >= 0.3 is 0 Å². The van der Waals surface area contributed by atoms with Crippen LogP contribution < -0.4 is 21.4 Å². The zero-order valence-electron chi connectivity index (χ0n) is 17.4. The Balaban J connectivity index is 1.95. The van der Waals surface area contributed by atoms with Crippen molar-refractivity contribution in [3.8, 4) is 0 Å². The molecule has 0 unspecified atom stereocenters. The lowest BCUT2D eigenvalue weighted by Crippen LogP contribution is -2.34. The van der Waals surface area contributed by atoms with Crippen LogP contribution in [0.1, 0.15) is 43.0 Å². The van der Waals surface area contributed by atoms with Gasteiger partial charge in [0.1, 0.15) is 16.3 Å². The van der Waals surface area contributed by atoms with Crippen LogP contribution in [-0.4, -0.2) is 28.7 Å². The minimum absolute atomic E-state index is 0.0392. The second-order valence-corrected chi connectivity index (χ2v) is 8.79. The van der Waals surface area contributed by atoms with Gasteiger partial charge in [0, 0.05) is 54.7 Å². The molecule has 1 aromatic carbocycles. The first kappa shape index (κ1) is 21.2. The monoisotopic (exact) mass is 439 g/mol. The number of nitro groups is 1. The summed E-state index contributed by atoms with van der Waals surface area (Å²) in [7, 11) is 0. The Bertz CT molecular complexity index is 1200. The van der Waals surface area contributed by atoms with Crippen LogP contribution in [0.2, 0.25) is 0 Å². The highest BCUT2D eigenvalue weighted by Gasteiger charge is 2.25. The minimum atomic E-state index is -0.388. The minimum Gasteiger partial charge on any atom is -0.397 e. The summed E-state index contributed by atoms with van der Waals surface area (Å²) < 4.78 is 0.773. The summed E-state index contributed by atoms with van der Waals surface area (Å²) in [6.07, 6.45) is 2.40. The van der Waals surface area contributed by atoms with Crippen LogP contribution in [0.25, 0.3) is 5.57 Å². The lowest BCUT2D eigenvalue weighted by Gasteiger charge is -2.29. The third kappa shape index (κ3) is 3.98. The number of thiophene rings is 1. The number of non-ortho nitro benzene ring substituents is 1. The third-order valence-corrected chi connectivity index (χ3v) is 6.98. The number of nitrogen functional groups attached to an aromatic ring is 1. The Morgan fingerprint density at radius 3 is 2.68 bits per heavy atom. The molecule has 1 saturated heterocycles. The number of nitrogens with two attached hydrogens (primary N) is 2. The molecule has 0 amide bonds. The molecule has 0 atom stereocenters. The molecular formula is C22H25N5O3S. The van der Waals surface area contributed by atoms with Gasteiger partial charge in [-0.15, -0.1) is 11.3 Å². The summed E-state index contributed by atoms with van der Waals surface area (Å²) in [5.74, 6) is 1.17. The molecule has 2 aliphatic rings. The standard InChI is InChI=1S/C22H25N5O3S/c1-2-13-11-17(14-4-3-5-15(10-14)27(29)30)19-20(24)18(12-23)31-22(19)25-21(13)26-8-6-16(28)7-9-26/h3-5,10H,2,6-9,11-12,23-24H2,1H3. The molecule has 0 radical (unpaired) electrons. The Labute approximate surface area is 183 Å². The molecule has 4 rings (SSSR count). The van der Waals surface area contributed by atoms with E-state index < -0.39 is 0 Å². The number of ketones is 1. The molecule has 162 valence electrons. The van der Waals surface area contributed by atoms with Crippen molar-refractivity contribution >= 4 is 34.1 Å². The molecule has 8 nitrogen and oxygen atoms in total. The average Bonchev–Trinajstić information content (AvgIpc) is 2.99. The molecule has 0 aliphatic carbocycles. The van der Waals surface area contributed by atoms with Crippen molar-refractivity contribution in [1.82, 2.24) is 4.90 Å². The van der Waals surface area contributed by atoms with Gasteiger partial charge < -0.3 is 16.4 Å². The van der Waals surface area contributed by atoms with E-state index in [-0.39, 0.29) is 16.4 Å². The van der Waals surface area contributed by atoms with E-state index in [2.05, 4.69) is 11.8 Å². The first-order valence-corrected chi connectivity index (χ1v) is 11.2. The highest BCUT2D eigenvalue weighted by atomic mass is 32.1. The molecule has 1 fully saturated rings. The number of hydrogen-bond donors (Lipinski definition) is 2. The number of benzene rings is 1.